The van der Waals surface area contributed by atoms with Gasteiger partial charge in [0.25, 0.3) is 0 Å². The van der Waals surface area contributed by atoms with Gasteiger partial charge in [-0.3, -0.25) is 0 Å². The standard InChI is InChI=1S/C20H16BrF2NO/c21-16-3-10-20(25-13-14-1-4-17(22)5-2-14)15(11-16)12-24-19-8-6-18(23)7-9-19/h1-11,24H,12-13H2. The molecule has 3 aromatic rings. The Morgan fingerprint density at radius 2 is 1.48 bits per heavy atom. The number of halogens is 3. The maximum atomic E-state index is 13.0. The van der Waals surface area contributed by atoms with Crippen LogP contribution in [0, 0.1) is 11.6 Å². The van der Waals surface area contributed by atoms with Crippen molar-refractivity contribution in [3.05, 3.63) is 94.0 Å². The highest BCUT2D eigenvalue weighted by Crippen LogP contribution is 2.25. The molecule has 0 aromatic heterocycles. The van der Waals surface area contributed by atoms with Crippen LogP contribution < -0.4 is 10.1 Å². The zero-order valence-corrected chi connectivity index (χ0v) is 14.9. The maximum absolute atomic E-state index is 13.0. The van der Waals surface area contributed by atoms with Gasteiger partial charge < -0.3 is 10.1 Å². The third-order valence-electron chi connectivity index (χ3n) is 3.66. The van der Waals surface area contributed by atoms with Crippen LogP contribution in [0.5, 0.6) is 5.75 Å². The van der Waals surface area contributed by atoms with Crippen LogP contribution in [-0.2, 0) is 13.2 Å². The van der Waals surface area contributed by atoms with Gasteiger partial charge in [0.1, 0.15) is 24.0 Å². The van der Waals surface area contributed by atoms with Gasteiger partial charge in [0.05, 0.1) is 0 Å². The monoisotopic (exact) mass is 403 g/mol. The van der Waals surface area contributed by atoms with Crippen molar-refractivity contribution in [1.29, 1.82) is 0 Å². The van der Waals surface area contributed by atoms with Crippen molar-refractivity contribution < 1.29 is 13.5 Å². The van der Waals surface area contributed by atoms with Gasteiger partial charge in [0.2, 0.25) is 0 Å². The second-order valence-corrected chi connectivity index (χ2v) is 6.44. The summed E-state index contributed by atoms with van der Waals surface area (Å²) in [5, 5.41) is 3.24. The van der Waals surface area contributed by atoms with E-state index in [0.717, 1.165) is 27.0 Å². The molecule has 1 N–H and O–H groups in total. The van der Waals surface area contributed by atoms with Crippen molar-refractivity contribution in [2.24, 2.45) is 0 Å². The fraction of sp³-hybridized carbons (Fsp3) is 0.100. The van der Waals surface area contributed by atoms with Crippen molar-refractivity contribution in [1.82, 2.24) is 0 Å². The van der Waals surface area contributed by atoms with Crippen molar-refractivity contribution in [2.45, 2.75) is 13.2 Å². The quantitative estimate of drug-likeness (QED) is 0.551. The molecule has 25 heavy (non-hydrogen) atoms. The molecular formula is C20H16BrF2NO. The molecule has 0 saturated carbocycles. The van der Waals surface area contributed by atoms with Crippen molar-refractivity contribution in [3.63, 3.8) is 0 Å². The van der Waals surface area contributed by atoms with Gasteiger partial charge in [-0.25, -0.2) is 8.78 Å². The Labute approximate surface area is 153 Å². The van der Waals surface area contributed by atoms with Crippen LogP contribution in [0.2, 0.25) is 0 Å². The molecule has 0 fully saturated rings. The predicted molar refractivity (Wildman–Crippen MR) is 98.6 cm³/mol. The topological polar surface area (TPSA) is 21.3 Å². The lowest BCUT2D eigenvalue weighted by Gasteiger charge is -2.14. The summed E-state index contributed by atoms with van der Waals surface area (Å²) >= 11 is 3.46. The summed E-state index contributed by atoms with van der Waals surface area (Å²) in [6.45, 7) is 0.884. The Bertz CT molecular complexity index is 835. The summed E-state index contributed by atoms with van der Waals surface area (Å²) in [5.41, 5.74) is 2.67. The molecule has 3 rings (SSSR count). The largest absolute Gasteiger partial charge is 0.489 e. The SMILES string of the molecule is Fc1ccc(COc2ccc(Br)cc2CNc2ccc(F)cc2)cc1. The number of hydrogen-bond acceptors (Lipinski definition) is 2. The Kier molecular flexibility index (Phi) is 5.66. The normalized spacial score (nSPS) is 10.5. The molecule has 2 nitrogen and oxygen atoms in total. The van der Waals surface area contributed by atoms with Crippen LogP contribution >= 0.6 is 15.9 Å². The lowest BCUT2D eigenvalue weighted by atomic mass is 10.2. The highest BCUT2D eigenvalue weighted by atomic mass is 79.9. The van der Waals surface area contributed by atoms with Gasteiger partial charge >= 0.3 is 0 Å². The molecular weight excluding hydrogens is 388 g/mol. The van der Waals surface area contributed by atoms with E-state index in [1.54, 1.807) is 24.3 Å². The number of benzene rings is 3. The molecule has 0 aliphatic rings. The third-order valence-corrected chi connectivity index (χ3v) is 4.15. The van der Waals surface area contributed by atoms with Gasteiger partial charge in [-0.2, -0.15) is 0 Å². The van der Waals surface area contributed by atoms with Crippen LogP contribution in [0.1, 0.15) is 11.1 Å². The molecule has 0 saturated heterocycles. The molecule has 0 heterocycles. The first-order valence-corrected chi connectivity index (χ1v) is 8.54. The number of hydrogen-bond donors (Lipinski definition) is 1. The predicted octanol–water partition coefficient (Wildman–Crippen LogP) is 5.92. The lowest BCUT2D eigenvalue weighted by Crippen LogP contribution is -2.04. The number of ether oxygens (including phenoxy) is 1. The summed E-state index contributed by atoms with van der Waals surface area (Å²) in [5.74, 6) is 0.204. The zero-order valence-electron chi connectivity index (χ0n) is 13.3. The molecule has 5 heteroatoms. The summed E-state index contributed by atoms with van der Waals surface area (Å²) < 4.78 is 32.8. The van der Waals surface area contributed by atoms with Crippen molar-refractivity contribution >= 4 is 21.6 Å². The third kappa shape index (κ3) is 5.03. The maximum Gasteiger partial charge on any atom is 0.124 e. The van der Waals surface area contributed by atoms with Crippen LogP contribution in [0.3, 0.4) is 0 Å². The van der Waals surface area contributed by atoms with Crippen LogP contribution in [0.15, 0.2) is 71.2 Å². The summed E-state index contributed by atoms with van der Waals surface area (Å²) in [6.07, 6.45) is 0. The molecule has 0 aliphatic carbocycles. The van der Waals surface area contributed by atoms with Crippen molar-refractivity contribution in [2.75, 3.05) is 5.32 Å². The molecule has 128 valence electrons. The van der Waals surface area contributed by atoms with E-state index in [0.29, 0.717) is 13.2 Å². The fourth-order valence-corrected chi connectivity index (χ4v) is 2.74. The first kappa shape index (κ1) is 17.4. The van der Waals surface area contributed by atoms with E-state index in [-0.39, 0.29) is 11.6 Å². The average Bonchev–Trinajstić information content (AvgIpc) is 2.62. The number of rotatable bonds is 6. The van der Waals surface area contributed by atoms with Crippen LogP contribution in [0.4, 0.5) is 14.5 Å². The molecule has 0 unspecified atom stereocenters. The van der Waals surface area contributed by atoms with E-state index in [1.165, 1.54) is 24.3 Å². The molecule has 0 radical (unpaired) electrons. The molecule has 0 spiro atoms. The molecule has 3 aromatic carbocycles. The molecule has 0 bridgehead atoms. The second kappa shape index (κ2) is 8.12. The minimum absolute atomic E-state index is 0.267. The Balaban J connectivity index is 1.69. The highest BCUT2D eigenvalue weighted by molar-refractivity contribution is 9.10. The first-order chi connectivity index (χ1) is 12.1. The summed E-state index contributed by atoms with van der Waals surface area (Å²) in [7, 11) is 0. The van der Waals surface area contributed by atoms with E-state index in [4.69, 9.17) is 4.74 Å². The minimum Gasteiger partial charge on any atom is -0.489 e. The van der Waals surface area contributed by atoms with Gasteiger partial charge in [-0.05, 0) is 60.2 Å². The zero-order chi connectivity index (χ0) is 17.6. The molecule has 0 amide bonds. The average molecular weight is 404 g/mol. The lowest BCUT2D eigenvalue weighted by molar-refractivity contribution is 0.303. The van der Waals surface area contributed by atoms with E-state index >= 15 is 0 Å². The van der Waals surface area contributed by atoms with E-state index in [2.05, 4.69) is 21.2 Å². The second-order valence-electron chi connectivity index (χ2n) is 5.53. The highest BCUT2D eigenvalue weighted by Gasteiger charge is 2.06. The Morgan fingerprint density at radius 3 is 2.16 bits per heavy atom. The van der Waals surface area contributed by atoms with Gasteiger partial charge in [-0.1, -0.05) is 28.1 Å². The number of nitrogens with one attached hydrogen (secondary N) is 1. The van der Waals surface area contributed by atoms with E-state index in [9.17, 15) is 8.78 Å². The number of anilines is 1. The van der Waals surface area contributed by atoms with E-state index < -0.39 is 0 Å². The summed E-state index contributed by atoms with van der Waals surface area (Å²) in [6, 6.07) is 18.2. The smallest absolute Gasteiger partial charge is 0.124 e. The molecule has 0 atom stereocenters. The van der Waals surface area contributed by atoms with Crippen molar-refractivity contribution in [3.8, 4) is 5.75 Å². The van der Waals surface area contributed by atoms with Crippen LogP contribution in [0.25, 0.3) is 0 Å². The van der Waals surface area contributed by atoms with Gasteiger partial charge in [-0.15, -0.1) is 0 Å². The first-order valence-electron chi connectivity index (χ1n) is 7.75. The Hall–Kier alpha value is -2.40. The minimum atomic E-state index is -0.267. The van der Waals surface area contributed by atoms with E-state index in [1.807, 2.05) is 18.2 Å². The molecule has 0 aliphatic heterocycles. The van der Waals surface area contributed by atoms with Gasteiger partial charge in [0.15, 0.2) is 0 Å². The fourth-order valence-electron chi connectivity index (χ4n) is 2.33. The summed E-state index contributed by atoms with van der Waals surface area (Å²) in [4.78, 5) is 0. The van der Waals surface area contributed by atoms with Gasteiger partial charge in [0, 0.05) is 22.3 Å². The Morgan fingerprint density at radius 1 is 0.840 bits per heavy atom. The van der Waals surface area contributed by atoms with Crippen LogP contribution in [-0.4, -0.2) is 0 Å².